The highest BCUT2D eigenvalue weighted by molar-refractivity contribution is 5.94. The Hall–Kier alpha value is -3.16. The summed E-state index contributed by atoms with van der Waals surface area (Å²) in [5.74, 6) is -0.509. The minimum atomic E-state index is -0.394. The number of nitrogens with zero attached hydrogens (tertiary/aromatic N) is 4. The maximum atomic E-state index is 13.2. The average Bonchev–Trinajstić information content (AvgIpc) is 3.30. The van der Waals surface area contributed by atoms with Gasteiger partial charge in [-0.3, -0.25) is 9.59 Å². The molecule has 0 N–H and O–H groups in total. The zero-order valence-corrected chi connectivity index (χ0v) is 13.3. The van der Waals surface area contributed by atoms with Gasteiger partial charge in [0.15, 0.2) is 5.76 Å². The molecule has 25 heavy (non-hydrogen) atoms. The number of aromatic nitrogens is 2. The van der Waals surface area contributed by atoms with E-state index in [1.807, 2.05) is 0 Å². The van der Waals surface area contributed by atoms with E-state index in [0.29, 0.717) is 37.6 Å². The number of furan rings is 1. The van der Waals surface area contributed by atoms with E-state index in [0.717, 1.165) is 0 Å². The molecule has 4 rings (SSSR count). The van der Waals surface area contributed by atoms with Crippen molar-refractivity contribution in [3.8, 4) is 0 Å². The van der Waals surface area contributed by atoms with Crippen molar-refractivity contribution < 1.29 is 18.4 Å². The average molecular weight is 342 g/mol. The van der Waals surface area contributed by atoms with E-state index in [1.165, 1.54) is 35.2 Å². The van der Waals surface area contributed by atoms with E-state index in [1.54, 1.807) is 21.9 Å². The molecule has 1 fully saturated rings. The quantitative estimate of drug-likeness (QED) is 0.710. The SMILES string of the molecule is O=C(c1cn2cc(F)ccc2n1)N1CCN(C(=O)c2ccco2)CC1. The summed E-state index contributed by atoms with van der Waals surface area (Å²) in [6.45, 7) is 1.67. The molecular weight excluding hydrogens is 327 g/mol. The van der Waals surface area contributed by atoms with Gasteiger partial charge in [-0.15, -0.1) is 0 Å². The lowest BCUT2D eigenvalue weighted by molar-refractivity contribution is 0.0515. The number of carbonyl (C=O) groups is 2. The van der Waals surface area contributed by atoms with E-state index in [4.69, 9.17) is 4.42 Å². The summed E-state index contributed by atoms with van der Waals surface area (Å²) in [6.07, 6.45) is 4.25. The van der Waals surface area contributed by atoms with Gasteiger partial charge < -0.3 is 18.6 Å². The highest BCUT2D eigenvalue weighted by atomic mass is 19.1. The van der Waals surface area contributed by atoms with Gasteiger partial charge in [-0.1, -0.05) is 0 Å². The molecule has 0 spiro atoms. The van der Waals surface area contributed by atoms with Crippen molar-refractivity contribution in [1.29, 1.82) is 0 Å². The van der Waals surface area contributed by atoms with Gasteiger partial charge >= 0.3 is 0 Å². The molecule has 1 saturated heterocycles. The van der Waals surface area contributed by atoms with Crippen molar-refractivity contribution in [1.82, 2.24) is 19.2 Å². The Morgan fingerprint density at radius 1 is 1.00 bits per heavy atom. The molecule has 0 bridgehead atoms. The van der Waals surface area contributed by atoms with Crippen LogP contribution in [0.5, 0.6) is 0 Å². The van der Waals surface area contributed by atoms with E-state index in [9.17, 15) is 14.0 Å². The maximum absolute atomic E-state index is 13.2. The molecule has 8 heteroatoms. The van der Waals surface area contributed by atoms with Crippen LogP contribution >= 0.6 is 0 Å². The molecule has 128 valence electrons. The molecule has 0 aromatic carbocycles. The van der Waals surface area contributed by atoms with Crippen molar-refractivity contribution >= 4 is 17.5 Å². The number of imidazole rings is 1. The van der Waals surface area contributed by atoms with Crippen molar-refractivity contribution in [2.45, 2.75) is 0 Å². The van der Waals surface area contributed by atoms with E-state index in [2.05, 4.69) is 4.98 Å². The van der Waals surface area contributed by atoms with Crippen LogP contribution in [0.25, 0.3) is 5.65 Å². The normalized spacial score (nSPS) is 14.9. The minimum Gasteiger partial charge on any atom is -0.459 e. The molecule has 4 heterocycles. The van der Waals surface area contributed by atoms with Crippen LogP contribution in [0.15, 0.2) is 47.3 Å². The summed E-state index contributed by atoms with van der Waals surface area (Å²) < 4.78 is 19.9. The van der Waals surface area contributed by atoms with Gasteiger partial charge in [0.2, 0.25) is 0 Å². The fourth-order valence-corrected chi connectivity index (χ4v) is 2.90. The molecule has 2 amide bonds. The highest BCUT2D eigenvalue weighted by Gasteiger charge is 2.27. The molecular formula is C17H15FN4O3. The first kappa shape index (κ1) is 15.4. The van der Waals surface area contributed by atoms with Crippen molar-refractivity contribution in [2.24, 2.45) is 0 Å². The third-order valence-electron chi connectivity index (χ3n) is 4.22. The summed E-state index contributed by atoms with van der Waals surface area (Å²) in [7, 11) is 0. The molecule has 0 atom stereocenters. The number of carbonyl (C=O) groups excluding carboxylic acids is 2. The Morgan fingerprint density at radius 3 is 2.40 bits per heavy atom. The van der Waals surface area contributed by atoms with Crippen molar-refractivity contribution in [2.75, 3.05) is 26.2 Å². The number of hydrogen-bond donors (Lipinski definition) is 0. The monoisotopic (exact) mass is 342 g/mol. The molecule has 7 nitrogen and oxygen atoms in total. The molecule has 3 aromatic rings. The fourth-order valence-electron chi connectivity index (χ4n) is 2.90. The summed E-state index contributed by atoms with van der Waals surface area (Å²) in [5.41, 5.74) is 0.771. The smallest absolute Gasteiger partial charge is 0.289 e. The van der Waals surface area contributed by atoms with Gasteiger partial charge in [0.05, 0.1) is 6.26 Å². The van der Waals surface area contributed by atoms with Crippen LogP contribution in [0.3, 0.4) is 0 Å². The predicted octanol–water partition coefficient (Wildman–Crippen LogP) is 1.66. The van der Waals surface area contributed by atoms with Crippen LogP contribution in [-0.4, -0.2) is 57.2 Å². The Bertz CT molecular complexity index is 927. The molecule has 0 saturated carbocycles. The molecule has 0 aliphatic carbocycles. The largest absolute Gasteiger partial charge is 0.459 e. The first-order valence-corrected chi connectivity index (χ1v) is 7.88. The van der Waals surface area contributed by atoms with Gasteiger partial charge in [0.1, 0.15) is 17.2 Å². The van der Waals surface area contributed by atoms with Crippen LogP contribution in [0.2, 0.25) is 0 Å². The molecule has 1 aliphatic heterocycles. The van der Waals surface area contributed by atoms with Gasteiger partial charge in [0.25, 0.3) is 11.8 Å². The standard InChI is InChI=1S/C17H15FN4O3/c18-12-3-4-15-19-13(11-22(15)10-12)16(23)20-5-7-21(8-6-20)17(24)14-2-1-9-25-14/h1-4,9-11H,5-8H2. The Morgan fingerprint density at radius 2 is 1.72 bits per heavy atom. The number of piperazine rings is 1. The van der Waals surface area contributed by atoms with E-state index >= 15 is 0 Å². The summed E-state index contributed by atoms with van der Waals surface area (Å²) in [5, 5.41) is 0. The molecule has 0 radical (unpaired) electrons. The molecule has 1 aliphatic rings. The summed E-state index contributed by atoms with van der Waals surface area (Å²) in [4.78, 5) is 32.4. The van der Waals surface area contributed by atoms with Crippen molar-refractivity contribution in [3.63, 3.8) is 0 Å². The first-order valence-electron chi connectivity index (χ1n) is 7.88. The summed E-state index contributed by atoms with van der Waals surface area (Å²) in [6, 6.07) is 6.11. The van der Waals surface area contributed by atoms with E-state index in [-0.39, 0.29) is 17.5 Å². The first-order chi connectivity index (χ1) is 12.1. The van der Waals surface area contributed by atoms with Crippen LogP contribution in [0, 0.1) is 5.82 Å². The lowest BCUT2D eigenvalue weighted by Crippen LogP contribution is -2.50. The number of amides is 2. The maximum Gasteiger partial charge on any atom is 0.289 e. The summed E-state index contributed by atoms with van der Waals surface area (Å²) >= 11 is 0. The lowest BCUT2D eigenvalue weighted by Gasteiger charge is -2.33. The molecule has 0 unspecified atom stereocenters. The Kier molecular flexibility index (Phi) is 3.72. The molecule has 3 aromatic heterocycles. The van der Waals surface area contributed by atoms with Crippen LogP contribution in [0.1, 0.15) is 21.0 Å². The highest BCUT2D eigenvalue weighted by Crippen LogP contribution is 2.13. The fraction of sp³-hybridized carbons (Fsp3) is 0.235. The van der Waals surface area contributed by atoms with Gasteiger partial charge in [-0.05, 0) is 24.3 Å². The van der Waals surface area contributed by atoms with E-state index < -0.39 is 5.82 Å². The number of fused-ring (bicyclic) bond motifs is 1. The van der Waals surface area contributed by atoms with Crippen LogP contribution in [0.4, 0.5) is 4.39 Å². The van der Waals surface area contributed by atoms with Gasteiger partial charge in [-0.2, -0.15) is 0 Å². The number of pyridine rings is 1. The van der Waals surface area contributed by atoms with Gasteiger partial charge in [0, 0.05) is 38.6 Å². The topological polar surface area (TPSA) is 71.1 Å². The number of hydrogen-bond acceptors (Lipinski definition) is 4. The number of halogens is 1. The third-order valence-corrected chi connectivity index (χ3v) is 4.22. The van der Waals surface area contributed by atoms with Gasteiger partial charge in [-0.25, -0.2) is 9.37 Å². The van der Waals surface area contributed by atoms with Crippen LogP contribution < -0.4 is 0 Å². The predicted molar refractivity (Wildman–Crippen MR) is 85.7 cm³/mol. The zero-order chi connectivity index (χ0) is 17.4. The number of rotatable bonds is 2. The Balaban J connectivity index is 1.44. The zero-order valence-electron chi connectivity index (χ0n) is 13.3. The second-order valence-electron chi connectivity index (χ2n) is 5.80. The second kappa shape index (κ2) is 6.04. The second-order valence-corrected chi connectivity index (χ2v) is 5.80. The van der Waals surface area contributed by atoms with Crippen molar-refractivity contribution in [3.05, 3.63) is 60.2 Å². The Labute approximate surface area is 142 Å². The third kappa shape index (κ3) is 2.86. The minimum absolute atomic E-state index is 0.180. The van der Waals surface area contributed by atoms with Crippen LogP contribution in [-0.2, 0) is 0 Å². The lowest BCUT2D eigenvalue weighted by atomic mass is 10.2.